The van der Waals surface area contributed by atoms with Crippen LogP contribution in [0.5, 0.6) is 11.5 Å². The molecule has 0 radical (unpaired) electrons. The molecule has 1 aliphatic heterocycles. The van der Waals surface area contributed by atoms with E-state index in [0.717, 1.165) is 17.0 Å². The Morgan fingerprint density at radius 1 is 0.889 bits per heavy atom. The SMILES string of the molecule is COc1ccc2c3c4c(c(OC)ccc4[n+](C)c2c1)-c1ccccc1S3.[I-]. The van der Waals surface area contributed by atoms with Gasteiger partial charge in [0.25, 0.3) is 0 Å². The molecule has 0 bridgehead atoms. The summed E-state index contributed by atoms with van der Waals surface area (Å²) in [5.74, 6) is 1.79. The second-order valence-electron chi connectivity index (χ2n) is 6.41. The van der Waals surface area contributed by atoms with Gasteiger partial charge in [-0.2, -0.15) is 4.57 Å². The van der Waals surface area contributed by atoms with E-state index in [4.69, 9.17) is 9.47 Å². The zero-order valence-electron chi connectivity index (χ0n) is 15.2. The lowest BCUT2D eigenvalue weighted by molar-refractivity contribution is -0.617. The molecule has 3 aromatic carbocycles. The molecular weight excluding hydrogens is 469 g/mol. The van der Waals surface area contributed by atoms with Gasteiger partial charge in [0.1, 0.15) is 18.5 Å². The van der Waals surface area contributed by atoms with Gasteiger partial charge in [-0.25, -0.2) is 0 Å². The number of hydrogen-bond acceptors (Lipinski definition) is 3. The number of methoxy groups -OCH3 is 2. The number of benzene rings is 3. The van der Waals surface area contributed by atoms with Gasteiger partial charge in [-0.15, -0.1) is 0 Å². The van der Waals surface area contributed by atoms with E-state index in [-0.39, 0.29) is 24.0 Å². The fourth-order valence-corrected chi connectivity index (χ4v) is 5.11. The summed E-state index contributed by atoms with van der Waals surface area (Å²) in [6.45, 7) is 0. The lowest BCUT2D eigenvalue weighted by atomic mass is 9.97. The van der Waals surface area contributed by atoms with E-state index >= 15 is 0 Å². The summed E-state index contributed by atoms with van der Waals surface area (Å²) in [7, 11) is 5.57. The number of nitrogens with zero attached hydrogens (tertiary/aromatic N) is 1. The molecule has 27 heavy (non-hydrogen) atoms. The first kappa shape index (κ1) is 18.4. The molecule has 0 aliphatic carbocycles. The summed E-state index contributed by atoms with van der Waals surface area (Å²) in [6.07, 6.45) is 0. The van der Waals surface area contributed by atoms with Crippen LogP contribution in [0.1, 0.15) is 0 Å². The van der Waals surface area contributed by atoms with Crippen LogP contribution in [-0.4, -0.2) is 14.2 Å². The molecule has 0 unspecified atom stereocenters. The Balaban J connectivity index is 0.00000180. The third-order valence-corrected chi connectivity index (χ3v) is 6.34. The predicted molar refractivity (Wildman–Crippen MR) is 105 cm³/mol. The molecule has 136 valence electrons. The summed E-state index contributed by atoms with van der Waals surface area (Å²) in [6, 6.07) is 19.1. The fourth-order valence-electron chi connectivity index (χ4n) is 3.87. The van der Waals surface area contributed by atoms with Crippen molar-refractivity contribution in [3.63, 3.8) is 0 Å². The molecule has 5 rings (SSSR count). The normalized spacial score (nSPS) is 11.8. The quantitative estimate of drug-likeness (QED) is 0.216. The fraction of sp³-hybridized carbons (Fsp3) is 0.136. The number of pyridine rings is 1. The van der Waals surface area contributed by atoms with Gasteiger partial charge < -0.3 is 33.5 Å². The van der Waals surface area contributed by atoms with Gasteiger partial charge in [0.15, 0.2) is 0 Å². The Hall–Kier alpha value is -1.99. The van der Waals surface area contributed by atoms with Crippen molar-refractivity contribution in [3.05, 3.63) is 54.6 Å². The minimum atomic E-state index is 0. The summed E-state index contributed by atoms with van der Waals surface area (Å²) in [5, 5.41) is 2.49. The van der Waals surface area contributed by atoms with Crippen molar-refractivity contribution < 1.29 is 38.0 Å². The molecular formula is C22H18INO2S. The van der Waals surface area contributed by atoms with Gasteiger partial charge in [-0.1, -0.05) is 30.0 Å². The molecule has 0 N–H and O–H groups in total. The Morgan fingerprint density at radius 3 is 2.48 bits per heavy atom. The number of ether oxygens (including phenoxy) is 2. The molecule has 0 saturated heterocycles. The number of aromatic nitrogens is 1. The zero-order valence-corrected chi connectivity index (χ0v) is 18.2. The summed E-state index contributed by atoms with van der Waals surface area (Å²) < 4.78 is 13.4. The molecule has 1 aromatic heterocycles. The van der Waals surface area contributed by atoms with Crippen LogP contribution in [0, 0.1) is 0 Å². The molecule has 0 amide bonds. The van der Waals surface area contributed by atoms with Crippen LogP contribution in [0.3, 0.4) is 0 Å². The van der Waals surface area contributed by atoms with Gasteiger partial charge in [-0.3, -0.25) is 0 Å². The van der Waals surface area contributed by atoms with E-state index in [1.54, 1.807) is 14.2 Å². The molecule has 4 aromatic rings. The van der Waals surface area contributed by atoms with Crippen LogP contribution in [-0.2, 0) is 7.05 Å². The maximum atomic E-state index is 5.74. The number of hydrogen-bond donors (Lipinski definition) is 0. The van der Waals surface area contributed by atoms with E-state index < -0.39 is 0 Å². The summed E-state index contributed by atoms with van der Waals surface area (Å²) >= 11 is 1.84. The maximum Gasteiger partial charge on any atom is 0.217 e. The van der Waals surface area contributed by atoms with Crippen LogP contribution < -0.4 is 38.0 Å². The minimum Gasteiger partial charge on any atom is -1.00 e. The standard InChI is InChI=1S/C22H18NO2S.HI/c1-23-16-10-11-18(25-3)20-15-6-4-5-7-19(15)26-22(21(16)20)14-9-8-13(24-2)12-17(14)23;/h4-12H,1-3H3;1H/q+1;/p-1. The Bertz CT molecular complexity index is 1210. The third kappa shape index (κ3) is 2.59. The van der Waals surface area contributed by atoms with Crippen LogP contribution in [0.25, 0.3) is 32.9 Å². The lowest BCUT2D eigenvalue weighted by Crippen LogP contribution is -3.00. The van der Waals surface area contributed by atoms with Crippen LogP contribution in [0.15, 0.2) is 64.4 Å². The second-order valence-corrected chi connectivity index (χ2v) is 7.46. The number of halogens is 1. The van der Waals surface area contributed by atoms with Crippen molar-refractivity contribution >= 4 is 33.6 Å². The van der Waals surface area contributed by atoms with Crippen molar-refractivity contribution in [2.24, 2.45) is 7.05 Å². The monoisotopic (exact) mass is 487 g/mol. The molecule has 0 spiro atoms. The number of fused-ring (bicyclic) bond motifs is 4. The minimum absolute atomic E-state index is 0. The zero-order chi connectivity index (χ0) is 17.8. The highest BCUT2D eigenvalue weighted by molar-refractivity contribution is 8.00. The van der Waals surface area contributed by atoms with Crippen molar-refractivity contribution in [2.75, 3.05) is 14.2 Å². The summed E-state index contributed by atoms with van der Waals surface area (Å²) in [5.41, 5.74) is 4.77. The highest BCUT2D eigenvalue weighted by Gasteiger charge is 2.29. The second kappa shape index (κ2) is 6.87. The Kier molecular flexibility index (Phi) is 4.68. The smallest absolute Gasteiger partial charge is 0.217 e. The third-order valence-electron chi connectivity index (χ3n) is 5.13. The maximum absolute atomic E-state index is 5.74. The van der Waals surface area contributed by atoms with E-state index in [9.17, 15) is 0 Å². The highest BCUT2D eigenvalue weighted by Crippen LogP contribution is 2.52. The van der Waals surface area contributed by atoms with E-state index in [0.29, 0.717) is 0 Å². The first-order chi connectivity index (χ1) is 12.7. The molecule has 3 nitrogen and oxygen atoms in total. The topological polar surface area (TPSA) is 22.3 Å². The lowest BCUT2D eigenvalue weighted by Gasteiger charge is -2.22. The van der Waals surface area contributed by atoms with Gasteiger partial charge in [-0.05, 0) is 24.3 Å². The molecule has 0 fully saturated rings. The van der Waals surface area contributed by atoms with Gasteiger partial charge in [0.05, 0.1) is 31.1 Å². The number of rotatable bonds is 2. The van der Waals surface area contributed by atoms with E-state index in [2.05, 4.69) is 60.1 Å². The summed E-state index contributed by atoms with van der Waals surface area (Å²) in [4.78, 5) is 2.54. The van der Waals surface area contributed by atoms with Gasteiger partial charge in [0.2, 0.25) is 11.0 Å². The molecule has 0 saturated carbocycles. The van der Waals surface area contributed by atoms with Crippen molar-refractivity contribution in [3.8, 4) is 22.6 Å². The first-order valence-corrected chi connectivity index (χ1v) is 9.32. The molecule has 1 aliphatic rings. The van der Waals surface area contributed by atoms with E-state index in [1.165, 1.54) is 37.2 Å². The van der Waals surface area contributed by atoms with Gasteiger partial charge >= 0.3 is 0 Å². The van der Waals surface area contributed by atoms with Gasteiger partial charge in [0, 0.05) is 27.0 Å². The average Bonchev–Trinajstić information content (AvgIpc) is 2.70. The predicted octanol–water partition coefficient (Wildman–Crippen LogP) is 1.97. The Morgan fingerprint density at radius 2 is 1.70 bits per heavy atom. The number of aryl methyl sites for hydroxylation is 1. The molecule has 5 heteroatoms. The highest BCUT2D eigenvalue weighted by atomic mass is 127. The first-order valence-electron chi connectivity index (χ1n) is 8.50. The van der Waals surface area contributed by atoms with Crippen LogP contribution in [0.4, 0.5) is 0 Å². The Labute approximate surface area is 179 Å². The molecule has 0 atom stereocenters. The van der Waals surface area contributed by atoms with Crippen LogP contribution in [0.2, 0.25) is 0 Å². The van der Waals surface area contributed by atoms with Crippen LogP contribution >= 0.6 is 11.8 Å². The van der Waals surface area contributed by atoms with Crippen molar-refractivity contribution in [1.29, 1.82) is 0 Å². The van der Waals surface area contributed by atoms with E-state index in [1.807, 2.05) is 17.8 Å². The van der Waals surface area contributed by atoms with Crippen molar-refractivity contribution in [2.45, 2.75) is 9.79 Å². The largest absolute Gasteiger partial charge is 1.00 e. The van der Waals surface area contributed by atoms with Crippen molar-refractivity contribution in [1.82, 2.24) is 0 Å². The average molecular weight is 487 g/mol. The molecule has 2 heterocycles.